The number of methoxy groups -OCH3 is 1. The Hall–Kier alpha value is -1.56. The van der Waals surface area contributed by atoms with Crippen LogP contribution in [0.5, 0.6) is 0 Å². The highest BCUT2D eigenvalue weighted by atomic mass is 16.5. The van der Waals surface area contributed by atoms with E-state index in [1.807, 2.05) is 25.9 Å². The summed E-state index contributed by atoms with van der Waals surface area (Å²) in [6, 6.07) is 0.188. The van der Waals surface area contributed by atoms with Crippen LogP contribution in [0.1, 0.15) is 18.2 Å². The van der Waals surface area contributed by atoms with Crippen LogP contribution in [0, 0.1) is 12.3 Å². The number of rotatable bonds is 5. The molecule has 17 heavy (non-hydrogen) atoms. The van der Waals surface area contributed by atoms with Gasteiger partial charge in [0, 0.05) is 21.2 Å². The van der Waals surface area contributed by atoms with Crippen molar-refractivity contribution in [1.29, 1.82) is 5.41 Å². The minimum atomic E-state index is 0.0436. The van der Waals surface area contributed by atoms with Gasteiger partial charge in [0.2, 0.25) is 0 Å². The van der Waals surface area contributed by atoms with Crippen molar-refractivity contribution in [3.63, 3.8) is 0 Å². The lowest BCUT2D eigenvalue weighted by Crippen LogP contribution is -2.35. The fourth-order valence-corrected chi connectivity index (χ4v) is 1.93. The Labute approximate surface area is 102 Å². The van der Waals surface area contributed by atoms with Gasteiger partial charge in [-0.25, -0.2) is 0 Å². The Bertz CT molecular complexity index is 412. The number of amidine groups is 1. The van der Waals surface area contributed by atoms with E-state index in [9.17, 15) is 0 Å². The Morgan fingerprint density at radius 3 is 2.71 bits per heavy atom. The maximum Gasteiger partial charge on any atom is 0.137 e. The molecule has 1 heterocycles. The molecular formula is C11H21N5O. The number of aryl methyl sites for hydroxylation is 2. The van der Waals surface area contributed by atoms with Crippen molar-refractivity contribution < 1.29 is 4.74 Å². The standard InChI is InChI=1S/C11H21N5O/c1-7(6-17-5)15(3)11-9(10(12)13)8(2)14-16(11)4/h7H,6H2,1-5H3,(H3,12,13). The monoisotopic (exact) mass is 239 g/mol. The number of nitrogen functional groups attached to an aromatic ring is 1. The molecule has 0 saturated heterocycles. The largest absolute Gasteiger partial charge is 0.384 e. The number of ether oxygens (including phenoxy) is 1. The molecule has 0 spiro atoms. The highest BCUT2D eigenvalue weighted by molar-refractivity contribution is 6.00. The topological polar surface area (TPSA) is 80.2 Å². The van der Waals surface area contributed by atoms with Gasteiger partial charge in [0.05, 0.1) is 23.9 Å². The number of hydrogen-bond acceptors (Lipinski definition) is 4. The fraction of sp³-hybridized carbons (Fsp3) is 0.636. The molecule has 0 radical (unpaired) electrons. The van der Waals surface area contributed by atoms with E-state index in [1.165, 1.54) is 0 Å². The van der Waals surface area contributed by atoms with E-state index in [2.05, 4.69) is 12.0 Å². The highest BCUT2D eigenvalue weighted by Gasteiger charge is 2.21. The van der Waals surface area contributed by atoms with Crippen LogP contribution < -0.4 is 10.6 Å². The molecule has 0 aliphatic carbocycles. The van der Waals surface area contributed by atoms with Crippen LogP contribution in [0.3, 0.4) is 0 Å². The van der Waals surface area contributed by atoms with Crippen LogP contribution in [0.25, 0.3) is 0 Å². The molecule has 1 atom stereocenters. The number of nitrogens with zero attached hydrogens (tertiary/aromatic N) is 3. The number of hydrogen-bond donors (Lipinski definition) is 2. The van der Waals surface area contributed by atoms with Gasteiger partial charge < -0.3 is 15.4 Å². The Morgan fingerprint density at radius 1 is 1.65 bits per heavy atom. The normalized spacial score (nSPS) is 12.5. The molecule has 6 heteroatoms. The van der Waals surface area contributed by atoms with Crippen molar-refractivity contribution in [3.8, 4) is 0 Å². The quantitative estimate of drug-likeness (QED) is 0.578. The molecule has 3 N–H and O–H groups in total. The highest BCUT2D eigenvalue weighted by Crippen LogP contribution is 2.23. The van der Waals surface area contributed by atoms with Crippen LogP contribution >= 0.6 is 0 Å². The van der Waals surface area contributed by atoms with E-state index < -0.39 is 0 Å². The number of nitrogens with one attached hydrogen (secondary N) is 1. The summed E-state index contributed by atoms with van der Waals surface area (Å²) >= 11 is 0. The number of aromatic nitrogens is 2. The summed E-state index contributed by atoms with van der Waals surface area (Å²) in [6.07, 6.45) is 0. The zero-order valence-corrected chi connectivity index (χ0v) is 11.1. The van der Waals surface area contributed by atoms with Gasteiger partial charge in [-0.15, -0.1) is 0 Å². The first-order valence-corrected chi connectivity index (χ1v) is 5.49. The second-order valence-electron chi connectivity index (χ2n) is 4.24. The predicted octanol–water partition coefficient (Wildman–Crippen LogP) is 0.484. The lowest BCUT2D eigenvalue weighted by Gasteiger charge is -2.27. The molecular weight excluding hydrogens is 218 g/mol. The zero-order chi connectivity index (χ0) is 13.2. The third-order valence-electron chi connectivity index (χ3n) is 2.86. The third-order valence-corrected chi connectivity index (χ3v) is 2.86. The molecule has 0 aliphatic rings. The number of anilines is 1. The molecule has 0 bridgehead atoms. The van der Waals surface area contributed by atoms with Crippen LogP contribution in [-0.2, 0) is 11.8 Å². The van der Waals surface area contributed by atoms with E-state index in [0.29, 0.717) is 12.2 Å². The van der Waals surface area contributed by atoms with Crippen molar-refractivity contribution in [2.24, 2.45) is 12.8 Å². The van der Waals surface area contributed by atoms with Crippen LogP contribution in [-0.4, -0.2) is 42.4 Å². The van der Waals surface area contributed by atoms with Gasteiger partial charge in [0.1, 0.15) is 11.7 Å². The number of nitrogens with two attached hydrogens (primary N) is 1. The molecule has 1 rings (SSSR count). The molecule has 0 fully saturated rings. The Kier molecular flexibility index (Phi) is 4.11. The van der Waals surface area contributed by atoms with Crippen molar-refractivity contribution in [3.05, 3.63) is 11.3 Å². The molecule has 1 unspecified atom stereocenters. The molecule has 0 aromatic carbocycles. The summed E-state index contributed by atoms with van der Waals surface area (Å²) in [5, 5.41) is 11.9. The minimum absolute atomic E-state index is 0.0436. The average molecular weight is 239 g/mol. The smallest absolute Gasteiger partial charge is 0.137 e. The second kappa shape index (κ2) is 5.18. The maximum absolute atomic E-state index is 7.63. The first kappa shape index (κ1) is 13.5. The van der Waals surface area contributed by atoms with Crippen molar-refractivity contribution in [2.75, 3.05) is 25.7 Å². The molecule has 0 amide bonds. The molecule has 96 valence electrons. The molecule has 1 aromatic heterocycles. The average Bonchev–Trinajstić information content (AvgIpc) is 2.52. The van der Waals surface area contributed by atoms with Gasteiger partial charge >= 0.3 is 0 Å². The summed E-state index contributed by atoms with van der Waals surface area (Å²) in [5.41, 5.74) is 7.08. The van der Waals surface area contributed by atoms with Crippen molar-refractivity contribution in [2.45, 2.75) is 19.9 Å². The van der Waals surface area contributed by atoms with Crippen LogP contribution in [0.4, 0.5) is 5.82 Å². The number of likely N-dealkylation sites (N-methyl/N-ethyl adjacent to an activating group) is 1. The van der Waals surface area contributed by atoms with E-state index in [-0.39, 0.29) is 11.9 Å². The first-order chi connectivity index (χ1) is 7.90. The Balaban J connectivity index is 3.16. The lowest BCUT2D eigenvalue weighted by molar-refractivity contribution is 0.183. The van der Waals surface area contributed by atoms with E-state index in [4.69, 9.17) is 15.9 Å². The molecule has 6 nitrogen and oxygen atoms in total. The predicted molar refractivity (Wildman–Crippen MR) is 68.7 cm³/mol. The van der Waals surface area contributed by atoms with Gasteiger partial charge in [-0.05, 0) is 13.8 Å². The van der Waals surface area contributed by atoms with Gasteiger partial charge in [-0.1, -0.05) is 0 Å². The van der Waals surface area contributed by atoms with E-state index in [0.717, 1.165) is 11.5 Å². The summed E-state index contributed by atoms with van der Waals surface area (Å²) in [6.45, 7) is 4.52. The van der Waals surface area contributed by atoms with E-state index >= 15 is 0 Å². The van der Waals surface area contributed by atoms with Crippen LogP contribution in [0.15, 0.2) is 0 Å². The summed E-state index contributed by atoms with van der Waals surface area (Å²) in [7, 11) is 5.47. The maximum atomic E-state index is 7.63. The van der Waals surface area contributed by atoms with Gasteiger partial charge in [-0.3, -0.25) is 10.1 Å². The van der Waals surface area contributed by atoms with Crippen molar-refractivity contribution >= 4 is 11.7 Å². The second-order valence-corrected chi connectivity index (χ2v) is 4.24. The Morgan fingerprint density at radius 2 is 2.24 bits per heavy atom. The summed E-state index contributed by atoms with van der Waals surface area (Å²) in [5.74, 6) is 0.890. The fourth-order valence-electron chi connectivity index (χ4n) is 1.93. The summed E-state index contributed by atoms with van der Waals surface area (Å²) in [4.78, 5) is 2.03. The van der Waals surface area contributed by atoms with Gasteiger partial charge in [-0.2, -0.15) is 5.10 Å². The first-order valence-electron chi connectivity index (χ1n) is 5.49. The molecule has 0 saturated carbocycles. The molecule has 0 aliphatic heterocycles. The third kappa shape index (κ3) is 2.58. The SMILES string of the molecule is COCC(C)N(C)c1c(C(=N)N)c(C)nn1C. The lowest BCUT2D eigenvalue weighted by atomic mass is 10.2. The van der Waals surface area contributed by atoms with Gasteiger partial charge in [0.25, 0.3) is 0 Å². The zero-order valence-electron chi connectivity index (χ0n) is 11.1. The minimum Gasteiger partial charge on any atom is -0.384 e. The van der Waals surface area contributed by atoms with Crippen molar-refractivity contribution in [1.82, 2.24) is 9.78 Å². The van der Waals surface area contributed by atoms with E-state index in [1.54, 1.807) is 11.8 Å². The summed E-state index contributed by atoms with van der Waals surface area (Å²) < 4.78 is 6.89. The van der Waals surface area contributed by atoms with Gasteiger partial charge in [0.15, 0.2) is 0 Å². The molecule has 1 aromatic rings. The van der Waals surface area contributed by atoms with Crippen LogP contribution in [0.2, 0.25) is 0 Å².